The second-order valence-corrected chi connectivity index (χ2v) is 10.9. The van der Waals surface area contributed by atoms with E-state index in [1.165, 1.54) is 0 Å². The molecular formula is C31H41N7O. The van der Waals surface area contributed by atoms with Gasteiger partial charge in [-0.2, -0.15) is 5.26 Å². The van der Waals surface area contributed by atoms with Crippen LogP contribution in [0.4, 0.5) is 0 Å². The first-order chi connectivity index (χ1) is 18.6. The van der Waals surface area contributed by atoms with Gasteiger partial charge in [0.05, 0.1) is 17.6 Å². The smallest absolute Gasteiger partial charge is 0.248 e. The number of nitrogens with one attached hydrogen (secondary N) is 2. The Morgan fingerprint density at radius 2 is 1.77 bits per heavy atom. The summed E-state index contributed by atoms with van der Waals surface area (Å²) >= 11 is 0. The molecule has 8 N–H and O–H groups in total. The highest BCUT2D eigenvalue weighted by Crippen LogP contribution is 2.45. The maximum absolute atomic E-state index is 12.1. The van der Waals surface area contributed by atoms with Crippen molar-refractivity contribution in [1.82, 2.24) is 15.5 Å². The molecule has 1 aliphatic carbocycles. The van der Waals surface area contributed by atoms with Crippen molar-refractivity contribution in [3.63, 3.8) is 0 Å². The third kappa shape index (κ3) is 5.44. The lowest BCUT2D eigenvalue weighted by molar-refractivity contribution is 0.1000. The van der Waals surface area contributed by atoms with Crippen molar-refractivity contribution in [3.8, 4) is 6.07 Å². The molecule has 8 heteroatoms. The van der Waals surface area contributed by atoms with Crippen LogP contribution in [0.15, 0.2) is 55.3 Å². The number of fused-ring (bicyclic) bond motifs is 2. The van der Waals surface area contributed by atoms with E-state index in [1.54, 1.807) is 6.07 Å². The normalized spacial score (nSPS) is 21.7. The van der Waals surface area contributed by atoms with E-state index >= 15 is 0 Å². The number of benzene rings is 2. The molecule has 1 saturated heterocycles. The Labute approximate surface area is 231 Å². The van der Waals surface area contributed by atoms with Crippen molar-refractivity contribution in [2.75, 3.05) is 20.1 Å². The van der Waals surface area contributed by atoms with Crippen molar-refractivity contribution in [2.45, 2.75) is 62.7 Å². The first-order valence-electron chi connectivity index (χ1n) is 13.6. The zero-order valence-electron chi connectivity index (χ0n) is 23.1. The van der Waals surface area contributed by atoms with E-state index in [0.29, 0.717) is 24.2 Å². The minimum Gasteiger partial charge on any atom is -0.399 e. The SMILES string of the molecule is C=C(N)c1ccc2c(c1)CCc1cc(C(N)=O)ccc1C2(C[C@H](C)NCC(=C)N1CCCC1C#N)C(N)NC. The van der Waals surface area contributed by atoms with Crippen LogP contribution in [0.25, 0.3) is 5.70 Å². The molecule has 2 aromatic carbocycles. The van der Waals surface area contributed by atoms with Gasteiger partial charge in [0.2, 0.25) is 5.91 Å². The number of nitrogens with zero attached hydrogens (tertiary/aromatic N) is 2. The van der Waals surface area contributed by atoms with Crippen LogP contribution in [0.3, 0.4) is 0 Å². The quantitative estimate of drug-likeness (QED) is 0.298. The van der Waals surface area contributed by atoms with E-state index < -0.39 is 17.5 Å². The van der Waals surface area contributed by atoms with Gasteiger partial charge in [-0.05, 0) is 92.1 Å². The number of hydrogen-bond donors (Lipinski definition) is 5. The number of carbonyl (C=O) groups is 1. The summed E-state index contributed by atoms with van der Waals surface area (Å²) in [5.74, 6) is -0.448. The summed E-state index contributed by atoms with van der Waals surface area (Å²) in [5.41, 5.74) is 25.4. The fourth-order valence-corrected chi connectivity index (χ4v) is 6.40. The number of primary amides is 1. The van der Waals surface area contributed by atoms with Gasteiger partial charge < -0.3 is 32.7 Å². The summed E-state index contributed by atoms with van der Waals surface area (Å²) in [7, 11) is 1.87. The summed E-state index contributed by atoms with van der Waals surface area (Å²) in [5, 5.41) is 16.5. The monoisotopic (exact) mass is 527 g/mol. The molecule has 0 aromatic heterocycles. The number of nitriles is 1. The van der Waals surface area contributed by atoms with Crippen LogP contribution in [-0.4, -0.2) is 49.2 Å². The number of likely N-dealkylation sites (tertiary alicyclic amines) is 1. The molecule has 3 unspecified atom stereocenters. The molecule has 2 aliphatic rings. The molecule has 8 nitrogen and oxygen atoms in total. The van der Waals surface area contributed by atoms with Crippen molar-refractivity contribution >= 4 is 11.6 Å². The molecule has 0 radical (unpaired) electrons. The average Bonchev–Trinajstić information content (AvgIpc) is 3.37. The average molecular weight is 528 g/mol. The fourth-order valence-electron chi connectivity index (χ4n) is 6.40. The minimum atomic E-state index is -0.614. The predicted molar refractivity (Wildman–Crippen MR) is 156 cm³/mol. The maximum atomic E-state index is 12.1. The Balaban J connectivity index is 1.76. The van der Waals surface area contributed by atoms with E-state index in [0.717, 1.165) is 65.7 Å². The Hall–Kier alpha value is -3.64. The number of rotatable bonds is 10. The number of likely N-dealkylation sites (N-methyl/N-ethyl adjacent to an activating group) is 1. The highest BCUT2D eigenvalue weighted by atomic mass is 16.1. The van der Waals surface area contributed by atoms with Crippen LogP contribution in [-0.2, 0) is 18.3 Å². The summed E-state index contributed by atoms with van der Waals surface area (Å²) < 4.78 is 0. The number of nitrogens with two attached hydrogens (primary N) is 3. The van der Waals surface area contributed by atoms with Crippen LogP contribution >= 0.6 is 0 Å². The number of carbonyl (C=O) groups excluding carboxylic acids is 1. The predicted octanol–water partition coefficient (Wildman–Crippen LogP) is 2.47. The summed E-state index contributed by atoms with van der Waals surface area (Å²) in [6.45, 7) is 11.8. The molecule has 0 bridgehead atoms. The van der Waals surface area contributed by atoms with E-state index in [2.05, 4.69) is 53.8 Å². The van der Waals surface area contributed by atoms with E-state index in [9.17, 15) is 10.1 Å². The molecule has 4 atom stereocenters. The van der Waals surface area contributed by atoms with Gasteiger partial charge in [0, 0.05) is 36.1 Å². The van der Waals surface area contributed by atoms with Gasteiger partial charge in [0.15, 0.2) is 0 Å². The Morgan fingerprint density at radius 3 is 2.33 bits per heavy atom. The van der Waals surface area contributed by atoms with E-state index in [1.807, 2.05) is 25.2 Å². The largest absolute Gasteiger partial charge is 0.399 e. The molecule has 0 spiro atoms. The first kappa shape index (κ1) is 28.4. The lowest BCUT2D eigenvalue weighted by Crippen LogP contribution is -2.56. The number of amides is 1. The third-order valence-electron chi connectivity index (χ3n) is 8.42. The van der Waals surface area contributed by atoms with Crippen LogP contribution < -0.4 is 27.8 Å². The summed E-state index contributed by atoms with van der Waals surface area (Å²) in [4.78, 5) is 14.2. The zero-order chi connectivity index (χ0) is 28.3. The van der Waals surface area contributed by atoms with Crippen LogP contribution in [0.1, 0.15) is 64.4 Å². The zero-order valence-corrected chi connectivity index (χ0v) is 23.1. The molecular weight excluding hydrogens is 486 g/mol. The third-order valence-corrected chi connectivity index (χ3v) is 8.42. The molecule has 1 amide bonds. The number of hydrogen-bond acceptors (Lipinski definition) is 7. The molecule has 39 heavy (non-hydrogen) atoms. The van der Waals surface area contributed by atoms with Gasteiger partial charge in [-0.1, -0.05) is 31.4 Å². The highest BCUT2D eigenvalue weighted by Gasteiger charge is 2.45. The molecule has 2 aromatic rings. The van der Waals surface area contributed by atoms with Crippen LogP contribution in [0.2, 0.25) is 0 Å². The van der Waals surface area contributed by atoms with E-state index in [4.69, 9.17) is 17.2 Å². The van der Waals surface area contributed by atoms with Crippen molar-refractivity contribution < 1.29 is 4.79 Å². The molecule has 4 rings (SSSR count). The topological polar surface area (TPSA) is 146 Å². The lowest BCUT2D eigenvalue weighted by atomic mass is 9.66. The van der Waals surface area contributed by atoms with Crippen LogP contribution in [0, 0.1) is 11.3 Å². The first-order valence-corrected chi connectivity index (χ1v) is 13.6. The second-order valence-electron chi connectivity index (χ2n) is 10.9. The van der Waals surface area contributed by atoms with E-state index in [-0.39, 0.29) is 12.1 Å². The van der Waals surface area contributed by atoms with Crippen molar-refractivity contribution in [3.05, 3.63) is 88.6 Å². The minimum absolute atomic E-state index is 0.0445. The van der Waals surface area contributed by atoms with Gasteiger partial charge in [-0.15, -0.1) is 0 Å². The van der Waals surface area contributed by atoms with Gasteiger partial charge >= 0.3 is 0 Å². The molecule has 1 aliphatic heterocycles. The van der Waals surface area contributed by atoms with Crippen LogP contribution in [0.5, 0.6) is 0 Å². The maximum Gasteiger partial charge on any atom is 0.248 e. The number of aryl methyl sites for hydroxylation is 2. The molecule has 1 heterocycles. The Kier molecular flexibility index (Phi) is 8.45. The van der Waals surface area contributed by atoms with Gasteiger partial charge in [-0.25, -0.2) is 0 Å². The van der Waals surface area contributed by atoms with Gasteiger partial charge in [-0.3, -0.25) is 4.79 Å². The highest BCUT2D eigenvalue weighted by molar-refractivity contribution is 5.93. The summed E-state index contributed by atoms with van der Waals surface area (Å²) in [6.07, 6.45) is 3.66. The van der Waals surface area contributed by atoms with Gasteiger partial charge in [0.1, 0.15) is 6.04 Å². The van der Waals surface area contributed by atoms with Crippen molar-refractivity contribution in [1.29, 1.82) is 5.26 Å². The molecule has 0 saturated carbocycles. The van der Waals surface area contributed by atoms with Crippen molar-refractivity contribution in [2.24, 2.45) is 17.2 Å². The Morgan fingerprint density at radius 1 is 1.15 bits per heavy atom. The standard InChI is InChI=1S/C31H41N7O/c1-19(37-18-20(2)38-13-5-6-26(38)17-32)16-31(30(35)36-4)27-11-9-22(21(3)33)14-23(27)7-8-24-15-25(29(34)39)10-12-28(24)31/h9-12,14-15,19,26,30,36-37H,2-3,5-8,13,16,18,33,35H2,1,4H3,(H2,34,39)/t19-,26?,30?,31?/m0/s1. The molecule has 1 fully saturated rings. The Bertz CT molecular complexity index is 1250. The fraction of sp³-hybridized carbons (Fsp3) is 0.419. The molecule has 206 valence electrons. The lowest BCUT2D eigenvalue weighted by Gasteiger charge is -2.43. The second kappa shape index (κ2) is 11.6. The summed E-state index contributed by atoms with van der Waals surface area (Å²) in [6, 6.07) is 14.3. The van der Waals surface area contributed by atoms with Gasteiger partial charge in [0.25, 0.3) is 0 Å².